The predicted octanol–water partition coefficient (Wildman–Crippen LogP) is 2.04. The Morgan fingerprint density at radius 2 is 2.18 bits per heavy atom. The van der Waals surface area contributed by atoms with Crippen molar-refractivity contribution in [3.8, 4) is 0 Å². The second kappa shape index (κ2) is 2.16. The summed E-state index contributed by atoms with van der Waals surface area (Å²) in [6.45, 7) is 4.04. The van der Waals surface area contributed by atoms with Crippen LogP contribution in [0.3, 0.4) is 0 Å². The third-order valence-electron chi connectivity index (χ3n) is 1.86. The molecular formula is C9H10N2. The van der Waals surface area contributed by atoms with E-state index in [4.69, 9.17) is 0 Å². The maximum absolute atomic E-state index is 4.39. The van der Waals surface area contributed by atoms with Gasteiger partial charge in [0, 0.05) is 29.6 Å². The number of aromatic nitrogens is 1. The normalized spacial score (nSPS) is 14.5. The smallest absolute Gasteiger partial charge is 0.0698 e. The fourth-order valence-corrected chi connectivity index (χ4v) is 1.33. The standard InChI is InChI=1S/C9H10N2/c1-6-4-9-8(5-10-6)3-7(2)11-9/h4-5H,3H2,1-2H3. The highest BCUT2D eigenvalue weighted by Gasteiger charge is 2.10. The van der Waals surface area contributed by atoms with Gasteiger partial charge in [0.05, 0.1) is 5.69 Å². The molecular weight excluding hydrogens is 136 g/mol. The molecule has 1 aromatic heterocycles. The summed E-state index contributed by atoms with van der Waals surface area (Å²) >= 11 is 0. The molecule has 0 bridgehead atoms. The van der Waals surface area contributed by atoms with E-state index in [1.165, 1.54) is 11.3 Å². The molecule has 0 N–H and O–H groups in total. The number of aryl methyl sites for hydroxylation is 1. The average Bonchev–Trinajstić information content (AvgIpc) is 2.27. The number of hydrogen-bond donors (Lipinski definition) is 0. The van der Waals surface area contributed by atoms with Gasteiger partial charge in [-0.1, -0.05) is 0 Å². The molecule has 0 unspecified atom stereocenters. The van der Waals surface area contributed by atoms with Crippen LogP contribution in [0.2, 0.25) is 0 Å². The van der Waals surface area contributed by atoms with Crippen molar-refractivity contribution in [2.24, 2.45) is 4.99 Å². The van der Waals surface area contributed by atoms with E-state index in [0.717, 1.165) is 17.8 Å². The van der Waals surface area contributed by atoms with Crippen LogP contribution in [0.5, 0.6) is 0 Å². The third kappa shape index (κ3) is 1.04. The average molecular weight is 146 g/mol. The van der Waals surface area contributed by atoms with Crippen molar-refractivity contribution < 1.29 is 0 Å². The lowest BCUT2D eigenvalue weighted by molar-refractivity contribution is 1.16. The number of pyridine rings is 1. The van der Waals surface area contributed by atoms with Gasteiger partial charge in [-0.3, -0.25) is 9.98 Å². The molecule has 0 aliphatic carbocycles. The summed E-state index contributed by atoms with van der Waals surface area (Å²) in [5.41, 5.74) is 4.60. The number of aliphatic imine (C=N–C) groups is 1. The third-order valence-corrected chi connectivity index (χ3v) is 1.86. The zero-order valence-corrected chi connectivity index (χ0v) is 6.76. The second-order valence-electron chi connectivity index (χ2n) is 2.98. The molecule has 0 saturated carbocycles. The molecule has 0 saturated heterocycles. The van der Waals surface area contributed by atoms with E-state index >= 15 is 0 Å². The molecule has 0 radical (unpaired) electrons. The molecule has 1 aliphatic heterocycles. The lowest BCUT2D eigenvalue weighted by Gasteiger charge is -1.95. The maximum atomic E-state index is 4.39. The Morgan fingerprint density at radius 3 is 3.00 bits per heavy atom. The lowest BCUT2D eigenvalue weighted by atomic mass is 10.1. The molecule has 0 amide bonds. The zero-order chi connectivity index (χ0) is 7.84. The molecule has 2 heteroatoms. The van der Waals surface area contributed by atoms with Gasteiger partial charge in [0.1, 0.15) is 0 Å². The highest BCUT2D eigenvalue weighted by Crippen LogP contribution is 2.25. The van der Waals surface area contributed by atoms with Crippen LogP contribution in [0, 0.1) is 6.92 Å². The van der Waals surface area contributed by atoms with Gasteiger partial charge < -0.3 is 0 Å². The highest BCUT2D eigenvalue weighted by molar-refractivity contribution is 5.91. The highest BCUT2D eigenvalue weighted by atomic mass is 14.8. The Labute approximate surface area is 66.0 Å². The van der Waals surface area contributed by atoms with Gasteiger partial charge in [0.2, 0.25) is 0 Å². The largest absolute Gasteiger partial charge is 0.261 e. The second-order valence-corrected chi connectivity index (χ2v) is 2.98. The van der Waals surface area contributed by atoms with Crippen molar-refractivity contribution in [3.63, 3.8) is 0 Å². The first kappa shape index (κ1) is 6.53. The van der Waals surface area contributed by atoms with Crippen LogP contribution in [0.25, 0.3) is 0 Å². The summed E-state index contributed by atoms with van der Waals surface area (Å²) in [5.74, 6) is 0. The first-order valence-electron chi connectivity index (χ1n) is 3.75. The van der Waals surface area contributed by atoms with Crippen molar-refractivity contribution >= 4 is 11.4 Å². The van der Waals surface area contributed by atoms with Gasteiger partial charge in [-0.25, -0.2) is 0 Å². The molecule has 2 rings (SSSR count). The van der Waals surface area contributed by atoms with Crippen LogP contribution in [0.15, 0.2) is 17.3 Å². The Balaban J connectivity index is 2.54. The zero-order valence-electron chi connectivity index (χ0n) is 6.76. The van der Waals surface area contributed by atoms with Crippen LogP contribution in [-0.2, 0) is 6.42 Å². The molecule has 11 heavy (non-hydrogen) atoms. The molecule has 2 nitrogen and oxygen atoms in total. The van der Waals surface area contributed by atoms with Gasteiger partial charge in [0.25, 0.3) is 0 Å². The lowest BCUT2D eigenvalue weighted by Crippen LogP contribution is -1.89. The van der Waals surface area contributed by atoms with Crippen LogP contribution in [0.4, 0.5) is 5.69 Å². The van der Waals surface area contributed by atoms with Gasteiger partial charge in [-0.05, 0) is 19.9 Å². The minimum atomic E-state index is 0.975. The fraction of sp³-hybridized carbons (Fsp3) is 0.333. The van der Waals surface area contributed by atoms with Gasteiger partial charge in [-0.15, -0.1) is 0 Å². The molecule has 0 fully saturated rings. The van der Waals surface area contributed by atoms with Crippen LogP contribution in [0.1, 0.15) is 18.2 Å². The molecule has 2 heterocycles. The van der Waals surface area contributed by atoms with Crippen molar-refractivity contribution in [1.29, 1.82) is 0 Å². The summed E-state index contributed by atoms with van der Waals surface area (Å²) in [6.07, 6.45) is 2.90. The Kier molecular flexibility index (Phi) is 1.28. The fourth-order valence-electron chi connectivity index (χ4n) is 1.33. The van der Waals surface area contributed by atoms with Crippen molar-refractivity contribution in [2.75, 3.05) is 0 Å². The monoisotopic (exact) mass is 146 g/mol. The Hall–Kier alpha value is -1.18. The first-order valence-corrected chi connectivity index (χ1v) is 3.75. The summed E-state index contributed by atoms with van der Waals surface area (Å²) in [4.78, 5) is 8.60. The van der Waals surface area contributed by atoms with Crippen LogP contribution >= 0.6 is 0 Å². The topological polar surface area (TPSA) is 25.2 Å². The Bertz CT molecular complexity index is 326. The van der Waals surface area contributed by atoms with Gasteiger partial charge in [-0.2, -0.15) is 0 Å². The van der Waals surface area contributed by atoms with E-state index in [1.807, 2.05) is 19.2 Å². The SMILES string of the molecule is CC1=Nc2cc(C)ncc2C1. The summed E-state index contributed by atoms with van der Waals surface area (Å²) < 4.78 is 0. The van der Waals surface area contributed by atoms with Crippen molar-refractivity contribution in [1.82, 2.24) is 4.98 Å². The number of fused-ring (bicyclic) bond motifs is 1. The van der Waals surface area contributed by atoms with E-state index in [9.17, 15) is 0 Å². The summed E-state index contributed by atoms with van der Waals surface area (Å²) in [5, 5.41) is 0. The summed E-state index contributed by atoms with van der Waals surface area (Å²) in [7, 11) is 0. The van der Waals surface area contributed by atoms with Crippen molar-refractivity contribution in [3.05, 3.63) is 23.5 Å². The summed E-state index contributed by atoms with van der Waals surface area (Å²) in [6, 6.07) is 2.03. The number of nitrogens with zero attached hydrogens (tertiary/aromatic N) is 2. The van der Waals surface area contributed by atoms with E-state index in [0.29, 0.717) is 0 Å². The first-order chi connectivity index (χ1) is 5.25. The minimum absolute atomic E-state index is 0.975. The number of hydrogen-bond acceptors (Lipinski definition) is 2. The van der Waals surface area contributed by atoms with E-state index < -0.39 is 0 Å². The van der Waals surface area contributed by atoms with Gasteiger partial charge >= 0.3 is 0 Å². The van der Waals surface area contributed by atoms with Crippen molar-refractivity contribution in [2.45, 2.75) is 20.3 Å². The van der Waals surface area contributed by atoms with E-state index in [-0.39, 0.29) is 0 Å². The molecule has 56 valence electrons. The molecule has 0 aromatic carbocycles. The molecule has 1 aromatic rings. The van der Waals surface area contributed by atoms with Crippen LogP contribution in [-0.4, -0.2) is 10.7 Å². The molecule has 0 spiro atoms. The molecule has 0 atom stereocenters. The van der Waals surface area contributed by atoms with E-state index in [2.05, 4.69) is 16.9 Å². The maximum Gasteiger partial charge on any atom is 0.0698 e. The number of rotatable bonds is 0. The van der Waals surface area contributed by atoms with Crippen LogP contribution < -0.4 is 0 Å². The minimum Gasteiger partial charge on any atom is -0.261 e. The van der Waals surface area contributed by atoms with Gasteiger partial charge in [0.15, 0.2) is 0 Å². The Morgan fingerprint density at radius 1 is 1.36 bits per heavy atom. The van der Waals surface area contributed by atoms with E-state index in [1.54, 1.807) is 0 Å². The quantitative estimate of drug-likeness (QED) is 0.549. The molecule has 1 aliphatic rings. The predicted molar refractivity (Wildman–Crippen MR) is 45.4 cm³/mol.